The van der Waals surface area contributed by atoms with Gasteiger partial charge < -0.3 is 9.47 Å². The number of hydrogen-bond donors (Lipinski definition) is 0. The van der Waals surface area contributed by atoms with E-state index in [-0.39, 0.29) is 18.1 Å². The molecule has 3 aromatic rings. The van der Waals surface area contributed by atoms with Gasteiger partial charge in [0.1, 0.15) is 11.9 Å². The number of rotatable bonds is 6. The molecule has 0 saturated carbocycles. The maximum absolute atomic E-state index is 13.2. The van der Waals surface area contributed by atoms with Gasteiger partial charge in [0.25, 0.3) is 0 Å². The van der Waals surface area contributed by atoms with Gasteiger partial charge >= 0.3 is 5.97 Å². The molecule has 32 heavy (non-hydrogen) atoms. The Hall–Kier alpha value is -3.18. The number of aromatic nitrogens is 1. The van der Waals surface area contributed by atoms with E-state index < -0.39 is 0 Å². The van der Waals surface area contributed by atoms with Gasteiger partial charge in [-0.1, -0.05) is 24.3 Å². The van der Waals surface area contributed by atoms with Crippen molar-refractivity contribution >= 4 is 16.9 Å². The molecule has 5 heteroatoms. The van der Waals surface area contributed by atoms with E-state index in [0.717, 1.165) is 36.0 Å². The van der Waals surface area contributed by atoms with Gasteiger partial charge in [-0.2, -0.15) is 0 Å². The Balaban J connectivity index is 1.52. The molecule has 5 nitrogen and oxygen atoms in total. The van der Waals surface area contributed by atoms with Crippen molar-refractivity contribution in [3.05, 3.63) is 84.6 Å². The Morgan fingerprint density at radius 3 is 2.72 bits per heavy atom. The monoisotopic (exact) mass is 428 g/mol. The highest BCUT2D eigenvalue weighted by atomic mass is 16.5. The normalized spacial score (nSPS) is 25.3. The third-order valence-corrected chi connectivity index (χ3v) is 7.05. The molecule has 0 radical (unpaired) electrons. The fraction of sp³-hybridized carbons (Fsp3) is 0.333. The van der Waals surface area contributed by atoms with Crippen LogP contribution < -0.4 is 4.74 Å². The first-order valence-electron chi connectivity index (χ1n) is 11.2. The van der Waals surface area contributed by atoms with E-state index in [9.17, 15) is 4.79 Å². The van der Waals surface area contributed by atoms with Crippen LogP contribution in [0.2, 0.25) is 0 Å². The average Bonchev–Trinajstić information content (AvgIpc) is 2.87. The summed E-state index contributed by atoms with van der Waals surface area (Å²) in [5.41, 5.74) is 2.45. The smallest absolute Gasteiger partial charge is 0.338 e. The lowest BCUT2D eigenvalue weighted by Gasteiger charge is -2.51. The van der Waals surface area contributed by atoms with Crippen molar-refractivity contribution in [2.75, 3.05) is 20.2 Å². The van der Waals surface area contributed by atoms with Crippen LogP contribution in [-0.4, -0.2) is 42.1 Å². The van der Waals surface area contributed by atoms with Gasteiger partial charge in [-0.05, 0) is 67.6 Å². The minimum absolute atomic E-state index is 0.137. The molecular weight excluding hydrogens is 400 g/mol. The number of esters is 1. The summed E-state index contributed by atoms with van der Waals surface area (Å²) in [5, 5.41) is 1.03. The van der Waals surface area contributed by atoms with Gasteiger partial charge in [-0.3, -0.25) is 9.88 Å². The summed E-state index contributed by atoms with van der Waals surface area (Å²) < 4.78 is 11.5. The van der Waals surface area contributed by atoms with Crippen LogP contribution in [0.25, 0.3) is 10.9 Å². The lowest BCUT2D eigenvalue weighted by Crippen LogP contribution is -2.55. The van der Waals surface area contributed by atoms with Crippen molar-refractivity contribution < 1.29 is 14.3 Å². The molecule has 1 aromatic heterocycles. The molecule has 6 rings (SSSR count). The second kappa shape index (κ2) is 8.75. The number of carbonyl (C=O) groups is 1. The maximum Gasteiger partial charge on any atom is 0.338 e. The van der Waals surface area contributed by atoms with Crippen LogP contribution in [0.5, 0.6) is 5.75 Å². The van der Waals surface area contributed by atoms with Gasteiger partial charge in [0, 0.05) is 23.7 Å². The van der Waals surface area contributed by atoms with E-state index in [1.807, 2.05) is 30.5 Å². The summed E-state index contributed by atoms with van der Waals surface area (Å²) in [6.45, 7) is 6.04. The predicted octanol–water partition coefficient (Wildman–Crippen LogP) is 5.04. The number of fused-ring (bicyclic) bond motifs is 4. The highest BCUT2D eigenvalue weighted by molar-refractivity contribution is 5.90. The Bertz CT molecular complexity index is 1120. The molecule has 3 fully saturated rings. The minimum Gasteiger partial charge on any atom is -0.497 e. The van der Waals surface area contributed by atoms with E-state index in [0.29, 0.717) is 23.1 Å². The van der Waals surface area contributed by atoms with Crippen LogP contribution in [-0.2, 0) is 4.74 Å². The molecule has 1 unspecified atom stereocenters. The Labute approximate surface area is 188 Å². The molecule has 3 saturated heterocycles. The fourth-order valence-electron chi connectivity index (χ4n) is 5.32. The largest absolute Gasteiger partial charge is 0.497 e. The zero-order chi connectivity index (χ0) is 22.1. The van der Waals surface area contributed by atoms with Gasteiger partial charge in [0.15, 0.2) is 0 Å². The maximum atomic E-state index is 13.2. The summed E-state index contributed by atoms with van der Waals surface area (Å²) in [6, 6.07) is 17.3. The number of methoxy groups -OCH3 is 1. The van der Waals surface area contributed by atoms with Crippen LogP contribution >= 0.6 is 0 Å². The topological polar surface area (TPSA) is 51.7 Å². The number of nitrogens with zero attached hydrogens (tertiary/aromatic N) is 2. The molecule has 2 aromatic carbocycles. The summed E-state index contributed by atoms with van der Waals surface area (Å²) in [4.78, 5) is 20.2. The zero-order valence-electron chi connectivity index (χ0n) is 18.3. The number of ether oxygens (including phenoxy) is 2. The zero-order valence-corrected chi connectivity index (χ0v) is 18.3. The van der Waals surface area contributed by atoms with Crippen molar-refractivity contribution in [3.63, 3.8) is 0 Å². The number of carbonyl (C=O) groups excluding carboxylic acids is 1. The van der Waals surface area contributed by atoms with Crippen molar-refractivity contribution in [2.24, 2.45) is 11.8 Å². The second-order valence-corrected chi connectivity index (χ2v) is 8.72. The molecule has 0 spiro atoms. The third-order valence-electron chi connectivity index (χ3n) is 7.05. The van der Waals surface area contributed by atoms with E-state index in [2.05, 4.69) is 28.6 Å². The lowest BCUT2D eigenvalue weighted by atomic mass is 9.73. The van der Waals surface area contributed by atoms with Crippen LogP contribution in [0.1, 0.15) is 34.9 Å². The first-order chi connectivity index (χ1) is 15.7. The standard InChI is InChI=1S/C27H28N2O3/c1-3-18-17-29-15-13-20(18)16-25(29)26(23-12-14-28-24-7-5-4-6-22(23)24)32-27(30)19-8-10-21(31-2)11-9-19/h3-12,14,18,20,25-26H,1,13,15-17H2,2H3/t18-,20-,25+,26-/m0/s1. The molecule has 164 valence electrons. The number of piperidine rings is 3. The second-order valence-electron chi connectivity index (χ2n) is 8.72. The fourth-order valence-corrected chi connectivity index (χ4v) is 5.32. The molecule has 0 aliphatic carbocycles. The van der Waals surface area contributed by atoms with Crippen molar-refractivity contribution in [2.45, 2.75) is 25.0 Å². The summed E-state index contributed by atoms with van der Waals surface area (Å²) in [6.07, 6.45) is 5.70. The average molecular weight is 429 g/mol. The van der Waals surface area contributed by atoms with E-state index in [1.165, 1.54) is 6.42 Å². The van der Waals surface area contributed by atoms with Crippen LogP contribution in [0.15, 0.2) is 73.4 Å². The first-order valence-corrected chi connectivity index (χ1v) is 11.2. The van der Waals surface area contributed by atoms with Gasteiger partial charge in [-0.25, -0.2) is 4.79 Å². The minimum atomic E-state index is -0.369. The summed E-state index contributed by atoms with van der Waals surface area (Å²) in [5.74, 6) is 1.48. The molecule has 2 bridgehead atoms. The summed E-state index contributed by atoms with van der Waals surface area (Å²) >= 11 is 0. The number of para-hydroxylation sites is 1. The molecule has 0 N–H and O–H groups in total. The molecular formula is C27H28N2O3. The Morgan fingerprint density at radius 1 is 1.19 bits per heavy atom. The quantitative estimate of drug-likeness (QED) is 0.407. The van der Waals surface area contributed by atoms with Crippen LogP contribution in [0.4, 0.5) is 0 Å². The summed E-state index contributed by atoms with van der Waals surface area (Å²) in [7, 11) is 1.61. The third kappa shape index (κ3) is 3.78. The first kappa shape index (κ1) is 20.7. The Morgan fingerprint density at radius 2 is 2.00 bits per heavy atom. The van der Waals surface area contributed by atoms with Gasteiger partial charge in [0.05, 0.1) is 24.2 Å². The number of pyridine rings is 1. The number of hydrogen-bond acceptors (Lipinski definition) is 5. The Kier molecular flexibility index (Phi) is 5.66. The molecule has 3 aliphatic heterocycles. The van der Waals surface area contributed by atoms with Crippen molar-refractivity contribution in [1.82, 2.24) is 9.88 Å². The number of benzene rings is 2. The molecule has 0 amide bonds. The lowest BCUT2D eigenvalue weighted by molar-refractivity contribution is -0.0568. The van der Waals surface area contributed by atoms with E-state index in [4.69, 9.17) is 9.47 Å². The van der Waals surface area contributed by atoms with Crippen molar-refractivity contribution in [1.29, 1.82) is 0 Å². The van der Waals surface area contributed by atoms with E-state index >= 15 is 0 Å². The van der Waals surface area contributed by atoms with Gasteiger partial charge in [0.2, 0.25) is 0 Å². The van der Waals surface area contributed by atoms with Crippen LogP contribution in [0, 0.1) is 11.8 Å². The highest BCUT2D eigenvalue weighted by Gasteiger charge is 2.44. The molecule has 4 heterocycles. The van der Waals surface area contributed by atoms with Gasteiger partial charge in [-0.15, -0.1) is 6.58 Å². The SMILES string of the molecule is C=C[C@H]1CN2CC[C@H]1C[C@@H]2[C@@H](OC(=O)c1ccc(OC)cc1)c1ccnc2ccccc12. The predicted molar refractivity (Wildman–Crippen MR) is 125 cm³/mol. The van der Waals surface area contributed by atoms with Crippen molar-refractivity contribution in [3.8, 4) is 5.75 Å². The molecule has 5 atom stereocenters. The molecule has 3 aliphatic rings. The van der Waals surface area contributed by atoms with E-state index in [1.54, 1.807) is 31.4 Å². The van der Waals surface area contributed by atoms with Crippen LogP contribution in [0.3, 0.4) is 0 Å². The highest BCUT2D eigenvalue weighted by Crippen LogP contribution is 2.43.